The van der Waals surface area contributed by atoms with Crippen molar-refractivity contribution in [1.82, 2.24) is 0 Å². The topological polar surface area (TPSA) is 67.4 Å². The van der Waals surface area contributed by atoms with Crippen LogP contribution in [0.15, 0.2) is 78.9 Å². The van der Waals surface area contributed by atoms with E-state index < -0.39 is 0 Å². The first-order valence-electron chi connectivity index (χ1n) is 9.62. The maximum Gasteiger partial charge on any atom is 0.227 e. The molecule has 3 aromatic rings. The number of rotatable bonds is 8. The summed E-state index contributed by atoms with van der Waals surface area (Å²) in [6.45, 7) is 2.05. The quantitative estimate of drug-likeness (QED) is 0.563. The zero-order valence-corrected chi connectivity index (χ0v) is 16.4. The van der Waals surface area contributed by atoms with Gasteiger partial charge < -0.3 is 15.4 Å². The molecule has 0 spiro atoms. The molecule has 0 radical (unpaired) electrons. The van der Waals surface area contributed by atoms with Gasteiger partial charge >= 0.3 is 0 Å². The molecule has 0 aliphatic carbocycles. The Bertz CT molecular complexity index is 971. The van der Waals surface area contributed by atoms with E-state index in [9.17, 15) is 9.59 Å². The number of benzene rings is 3. The molecular weight excluding hydrogens is 364 g/mol. The first-order valence-corrected chi connectivity index (χ1v) is 9.62. The number of hydrogen-bond acceptors (Lipinski definition) is 3. The van der Waals surface area contributed by atoms with Gasteiger partial charge in [0, 0.05) is 23.4 Å². The summed E-state index contributed by atoms with van der Waals surface area (Å²) in [6.07, 6.45) is 0.618. The van der Waals surface area contributed by atoms with E-state index in [1.807, 2.05) is 54.6 Å². The van der Waals surface area contributed by atoms with Crippen LogP contribution < -0.4 is 15.4 Å². The maximum absolute atomic E-state index is 12.3. The zero-order chi connectivity index (χ0) is 20.5. The van der Waals surface area contributed by atoms with Crippen LogP contribution in [0, 0.1) is 0 Å². The molecular formula is C24H24N2O3. The van der Waals surface area contributed by atoms with E-state index in [4.69, 9.17) is 4.74 Å². The van der Waals surface area contributed by atoms with Crippen LogP contribution in [-0.4, -0.2) is 18.4 Å². The monoisotopic (exact) mass is 388 g/mol. The summed E-state index contributed by atoms with van der Waals surface area (Å²) in [5.74, 6) is 0.524. The van der Waals surface area contributed by atoms with Gasteiger partial charge in [-0.25, -0.2) is 0 Å². The van der Waals surface area contributed by atoms with Gasteiger partial charge in [0.15, 0.2) is 0 Å². The van der Waals surface area contributed by atoms with Crippen LogP contribution in [0.4, 0.5) is 11.4 Å². The summed E-state index contributed by atoms with van der Waals surface area (Å²) < 4.78 is 5.87. The van der Waals surface area contributed by atoms with Gasteiger partial charge in [0.25, 0.3) is 0 Å². The lowest BCUT2D eigenvalue weighted by atomic mass is 10.1. The summed E-state index contributed by atoms with van der Waals surface area (Å²) in [5.41, 5.74) is 3.35. The lowest BCUT2D eigenvalue weighted by Gasteiger charge is -2.12. The third-order valence-corrected chi connectivity index (χ3v) is 4.31. The number of nitrogens with one attached hydrogen (secondary N) is 2. The van der Waals surface area contributed by atoms with E-state index in [1.165, 1.54) is 0 Å². The third kappa shape index (κ3) is 5.94. The van der Waals surface area contributed by atoms with Crippen LogP contribution >= 0.6 is 0 Å². The average Bonchev–Trinajstić information content (AvgIpc) is 2.75. The smallest absolute Gasteiger partial charge is 0.227 e. The van der Waals surface area contributed by atoms with E-state index in [0.717, 1.165) is 16.9 Å². The highest BCUT2D eigenvalue weighted by molar-refractivity contribution is 5.94. The van der Waals surface area contributed by atoms with Crippen LogP contribution in [0.2, 0.25) is 0 Å². The lowest BCUT2D eigenvalue weighted by molar-refractivity contribution is -0.117. The molecule has 0 heterocycles. The molecule has 2 N–H and O–H groups in total. The van der Waals surface area contributed by atoms with Crippen LogP contribution in [0.5, 0.6) is 5.75 Å². The van der Waals surface area contributed by atoms with Gasteiger partial charge in [0.05, 0.1) is 13.0 Å². The third-order valence-electron chi connectivity index (χ3n) is 4.31. The molecule has 0 aliphatic heterocycles. The van der Waals surface area contributed by atoms with Crippen molar-refractivity contribution in [2.45, 2.75) is 19.8 Å². The Morgan fingerprint density at radius 2 is 1.45 bits per heavy atom. The Kier molecular flexibility index (Phi) is 7.00. The fourth-order valence-corrected chi connectivity index (χ4v) is 2.85. The number of para-hydroxylation sites is 1. The minimum atomic E-state index is -0.152. The predicted molar refractivity (Wildman–Crippen MR) is 116 cm³/mol. The van der Waals surface area contributed by atoms with Gasteiger partial charge in [0.1, 0.15) is 5.75 Å². The van der Waals surface area contributed by atoms with Crippen molar-refractivity contribution < 1.29 is 14.3 Å². The van der Waals surface area contributed by atoms with Crippen molar-refractivity contribution in [3.05, 3.63) is 78.9 Å². The first-order chi connectivity index (χ1) is 14.2. The largest absolute Gasteiger partial charge is 0.492 e. The summed E-state index contributed by atoms with van der Waals surface area (Å²) >= 11 is 0. The maximum atomic E-state index is 12.3. The van der Waals surface area contributed by atoms with Crippen molar-refractivity contribution >= 4 is 23.2 Å². The molecule has 3 aromatic carbocycles. The number of anilines is 2. The van der Waals surface area contributed by atoms with E-state index in [2.05, 4.69) is 10.6 Å². The van der Waals surface area contributed by atoms with Crippen LogP contribution in [-0.2, 0) is 9.59 Å². The summed E-state index contributed by atoms with van der Waals surface area (Å²) in [4.78, 5) is 23.8. The van der Waals surface area contributed by atoms with Gasteiger partial charge in [-0.15, -0.1) is 0 Å². The highest BCUT2D eigenvalue weighted by Gasteiger charge is 2.08. The molecule has 0 aromatic heterocycles. The normalized spacial score (nSPS) is 10.2. The van der Waals surface area contributed by atoms with Gasteiger partial charge in [0.2, 0.25) is 11.8 Å². The highest BCUT2D eigenvalue weighted by Crippen LogP contribution is 2.29. The van der Waals surface area contributed by atoms with Crippen molar-refractivity contribution in [2.24, 2.45) is 0 Å². The number of amides is 2. The average molecular weight is 388 g/mol. The summed E-state index contributed by atoms with van der Waals surface area (Å²) in [6, 6.07) is 24.9. The van der Waals surface area contributed by atoms with Crippen LogP contribution in [0.3, 0.4) is 0 Å². The van der Waals surface area contributed by atoms with Gasteiger partial charge in [-0.1, -0.05) is 61.5 Å². The molecule has 29 heavy (non-hydrogen) atoms. The lowest BCUT2D eigenvalue weighted by Crippen LogP contribution is -2.16. The van der Waals surface area contributed by atoms with E-state index in [-0.39, 0.29) is 24.8 Å². The molecule has 3 rings (SSSR count). The standard InChI is InChI=1S/C24H24N2O3/c1-2-23(27)25-19-11-8-12-20(17-19)26-24(28)15-16-29-22-14-7-6-13-21(22)18-9-4-3-5-10-18/h3-14,17H,2,15-16H2,1H3,(H,25,27)(H,26,28). The molecule has 0 fully saturated rings. The Hall–Kier alpha value is -3.60. The van der Waals surface area contributed by atoms with Gasteiger partial charge in [-0.2, -0.15) is 0 Å². The van der Waals surface area contributed by atoms with Gasteiger partial charge in [-0.3, -0.25) is 9.59 Å². The fourth-order valence-electron chi connectivity index (χ4n) is 2.85. The molecule has 5 nitrogen and oxygen atoms in total. The SMILES string of the molecule is CCC(=O)Nc1cccc(NC(=O)CCOc2ccccc2-c2ccccc2)c1. The number of hydrogen-bond donors (Lipinski definition) is 2. The fraction of sp³-hybridized carbons (Fsp3) is 0.167. The van der Waals surface area contributed by atoms with Crippen molar-refractivity contribution in [3.63, 3.8) is 0 Å². The van der Waals surface area contributed by atoms with Crippen molar-refractivity contribution in [3.8, 4) is 16.9 Å². The first kappa shape index (κ1) is 20.1. The van der Waals surface area contributed by atoms with Crippen LogP contribution in [0.1, 0.15) is 19.8 Å². The molecule has 0 saturated carbocycles. The Morgan fingerprint density at radius 1 is 0.793 bits per heavy atom. The number of carbonyl (C=O) groups excluding carboxylic acids is 2. The number of ether oxygens (including phenoxy) is 1. The molecule has 148 valence electrons. The molecule has 0 aliphatic rings. The Balaban J connectivity index is 1.55. The van der Waals surface area contributed by atoms with Gasteiger partial charge in [-0.05, 0) is 29.8 Å². The zero-order valence-electron chi connectivity index (χ0n) is 16.4. The minimum absolute atomic E-state index is 0.0704. The Morgan fingerprint density at radius 3 is 2.17 bits per heavy atom. The molecule has 0 atom stereocenters. The van der Waals surface area contributed by atoms with E-state index >= 15 is 0 Å². The molecule has 5 heteroatoms. The highest BCUT2D eigenvalue weighted by atomic mass is 16.5. The second-order valence-corrected chi connectivity index (χ2v) is 6.49. The predicted octanol–water partition coefficient (Wildman–Crippen LogP) is 5.11. The number of carbonyl (C=O) groups is 2. The minimum Gasteiger partial charge on any atom is -0.492 e. The second kappa shape index (κ2) is 10.1. The molecule has 0 unspecified atom stereocenters. The van der Waals surface area contributed by atoms with Crippen LogP contribution in [0.25, 0.3) is 11.1 Å². The summed E-state index contributed by atoms with van der Waals surface area (Å²) in [5, 5.41) is 5.61. The van der Waals surface area contributed by atoms with E-state index in [0.29, 0.717) is 17.8 Å². The van der Waals surface area contributed by atoms with Crippen molar-refractivity contribution in [1.29, 1.82) is 0 Å². The molecule has 0 bridgehead atoms. The molecule has 2 amide bonds. The second-order valence-electron chi connectivity index (χ2n) is 6.49. The van der Waals surface area contributed by atoms with E-state index in [1.54, 1.807) is 31.2 Å². The Labute approximate surface area is 170 Å². The van der Waals surface area contributed by atoms with Crippen molar-refractivity contribution in [2.75, 3.05) is 17.2 Å². The molecule has 0 saturated heterocycles. The summed E-state index contributed by atoms with van der Waals surface area (Å²) in [7, 11) is 0.